The number of aromatic amines is 1. The van der Waals surface area contributed by atoms with E-state index in [1.54, 1.807) is 0 Å². The van der Waals surface area contributed by atoms with Crippen LogP contribution < -0.4 is 11.1 Å². The van der Waals surface area contributed by atoms with Crippen molar-refractivity contribution in [3.63, 3.8) is 0 Å². The van der Waals surface area contributed by atoms with Gasteiger partial charge in [-0.25, -0.2) is 4.79 Å². The molecule has 3 aromatic rings. The van der Waals surface area contributed by atoms with Crippen LogP contribution in [0.4, 0.5) is 5.82 Å². The molecule has 2 heterocycles. The number of benzene rings is 2. The number of nitrogens with one attached hydrogen (secondary N) is 2. The van der Waals surface area contributed by atoms with E-state index >= 15 is 0 Å². The van der Waals surface area contributed by atoms with Gasteiger partial charge < -0.3 is 36.7 Å². The Hall–Kier alpha value is -3.82. The lowest BCUT2D eigenvalue weighted by molar-refractivity contribution is -0.131. The van der Waals surface area contributed by atoms with Gasteiger partial charge >= 0.3 is 5.97 Å². The Kier molecular flexibility index (Phi) is 13.1. The van der Waals surface area contributed by atoms with E-state index in [9.17, 15) is 15.0 Å². The fourth-order valence-corrected chi connectivity index (χ4v) is 6.19. The lowest BCUT2D eigenvalue weighted by atomic mass is 9.84. The summed E-state index contributed by atoms with van der Waals surface area (Å²) in [5, 5.41) is 40.0. The Morgan fingerprint density at radius 3 is 2.52 bits per heavy atom. The molecule has 238 valence electrons. The van der Waals surface area contributed by atoms with Crippen molar-refractivity contribution in [2.45, 2.75) is 94.7 Å². The third kappa shape index (κ3) is 10.4. The zero-order valence-corrected chi connectivity index (χ0v) is 25.6. The van der Waals surface area contributed by atoms with Gasteiger partial charge in [0.2, 0.25) is 0 Å². The van der Waals surface area contributed by atoms with E-state index in [2.05, 4.69) is 51.7 Å². The van der Waals surface area contributed by atoms with Crippen LogP contribution in [0.3, 0.4) is 0 Å². The first-order valence-corrected chi connectivity index (χ1v) is 16.1. The first-order chi connectivity index (χ1) is 21.4. The average molecular weight is 603 g/mol. The van der Waals surface area contributed by atoms with Crippen molar-refractivity contribution >= 4 is 28.5 Å². The largest absolute Gasteiger partial charge is 0.478 e. The first-order valence-electron chi connectivity index (χ1n) is 16.1. The van der Waals surface area contributed by atoms with E-state index in [-0.39, 0.29) is 30.7 Å². The Morgan fingerprint density at radius 2 is 1.77 bits per heavy atom. The van der Waals surface area contributed by atoms with Crippen LogP contribution in [0.1, 0.15) is 82.1 Å². The second-order valence-electron chi connectivity index (χ2n) is 11.8. The first kappa shape index (κ1) is 33.1. The van der Waals surface area contributed by atoms with Gasteiger partial charge in [-0.3, -0.25) is 4.99 Å². The highest BCUT2D eigenvalue weighted by atomic mass is 16.4. The van der Waals surface area contributed by atoms with Crippen molar-refractivity contribution in [2.75, 3.05) is 13.2 Å². The van der Waals surface area contributed by atoms with Crippen LogP contribution in [0, 0.1) is 0 Å². The van der Waals surface area contributed by atoms with Gasteiger partial charge in [-0.2, -0.15) is 0 Å². The van der Waals surface area contributed by atoms with Crippen molar-refractivity contribution in [1.29, 1.82) is 0 Å². The molecule has 1 aliphatic rings. The number of H-pyrrole nitrogens is 1. The lowest BCUT2D eigenvalue weighted by Gasteiger charge is -2.35. The zero-order valence-electron chi connectivity index (χ0n) is 25.6. The van der Waals surface area contributed by atoms with Gasteiger partial charge in [-0.05, 0) is 78.8 Å². The number of aliphatic imine (C=N–C) groups is 1. The summed E-state index contributed by atoms with van der Waals surface area (Å²) < 4.78 is 0. The number of aliphatic hydroxyl groups is 2. The number of carboxylic acids is 1. The van der Waals surface area contributed by atoms with Crippen LogP contribution in [-0.4, -0.2) is 63.6 Å². The summed E-state index contributed by atoms with van der Waals surface area (Å²) >= 11 is 0. The van der Waals surface area contributed by atoms with E-state index in [0.717, 1.165) is 57.8 Å². The molecule has 0 spiro atoms. The smallest absolute Gasteiger partial charge is 0.328 e. The Balaban J connectivity index is 1.51. The van der Waals surface area contributed by atoms with Gasteiger partial charge in [0.25, 0.3) is 0 Å². The minimum absolute atomic E-state index is 0.217. The van der Waals surface area contributed by atoms with Crippen LogP contribution in [-0.2, 0) is 4.79 Å². The van der Waals surface area contributed by atoms with Crippen molar-refractivity contribution in [2.24, 2.45) is 10.7 Å². The van der Waals surface area contributed by atoms with Gasteiger partial charge in [0.05, 0.1) is 12.1 Å². The minimum atomic E-state index is -1.01. The molecule has 1 aromatic heterocycles. The number of hydrogen-bond acceptors (Lipinski definition) is 6. The molecular formula is C35H48N5O4-. The summed E-state index contributed by atoms with van der Waals surface area (Å²) in [6, 6.07) is 18.1. The summed E-state index contributed by atoms with van der Waals surface area (Å²) in [5.41, 5.74) is 7.94. The quantitative estimate of drug-likeness (QED) is 0.0701. The van der Waals surface area contributed by atoms with Crippen LogP contribution in [0.25, 0.3) is 16.1 Å². The molecule has 0 aliphatic carbocycles. The number of nitrogens with zero attached hydrogens (tertiary/aromatic N) is 2. The highest BCUT2D eigenvalue weighted by Crippen LogP contribution is 2.35. The molecule has 1 aliphatic heterocycles. The molecule has 0 bridgehead atoms. The Morgan fingerprint density at radius 1 is 0.977 bits per heavy atom. The zero-order chi connectivity index (χ0) is 31.1. The summed E-state index contributed by atoms with van der Waals surface area (Å²) in [5.74, 6) is 0.228. The highest BCUT2D eigenvalue weighted by molar-refractivity contribution is 5.84. The third-order valence-corrected chi connectivity index (χ3v) is 8.54. The predicted octanol–water partition coefficient (Wildman–Crippen LogP) is 6.27. The maximum atomic E-state index is 12.0. The average Bonchev–Trinajstić information content (AvgIpc) is 3.54. The van der Waals surface area contributed by atoms with Crippen molar-refractivity contribution in [3.8, 4) is 0 Å². The molecular weight excluding hydrogens is 554 g/mol. The number of hydrogen-bond donors (Lipinski definition) is 6. The van der Waals surface area contributed by atoms with E-state index in [1.165, 1.54) is 22.4 Å². The molecule has 7 N–H and O–H groups in total. The lowest BCUT2D eigenvalue weighted by Crippen LogP contribution is -2.46. The minimum Gasteiger partial charge on any atom is -0.478 e. The van der Waals surface area contributed by atoms with Gasteiger partial charge in [-0.1, -0.05) is 92.3 Å². The number of aliphatic carboxylic acids is 1. The van der Waals surface area contributed by atoms with E-state index in [1.807, 2.05) is 24.4 Å². The number of carboxylic acid groups (broad SMARTS) is 1. The van der Waals surface area contributed by atoms with Crippen molar-refractivity contribution in [1.82, 2.24) is 10.3 Å². The van der Waals surface area contributed by atoms with Gasteiger partial charge in [0.1, 0.15) is 0 Å². The number of aromatic nitrogens is 1. The molecule has 4 rings (SSSR count). The summed E-state index contributed by atoms with van der Waals surface area (Å²) in [4.78, 5) is 19.4. The summed E-state index contributed by atoms with van der Waals surface area (Å²) in [7, 11) is 0. The predicted molar refractivity (Wildman–Crippen MR) is 177 cm³/mol. The number of nitrogens with two attached hydrogens (primary N) is 1. The molecule has 0 unspecified atom stereocenters. The standard InChI is InChI=1S/C35H48N5O4/c36-35-38-21-19-32(40-35)30(24-34(43)44)31(39-33-14-8-20-37-33)18-17-26(11-7-13-29(42)12-3-1-2-6-22-41)28-16-15-25-9-4-5-10-27(25)23-28/h4-5,8-10,14-16,20,23-24,26,29,31-32,37,41-42H,1-3,6-7,11-13,17-19,21-22H2,(H,43,44)(H3,36,38,40)/q-1/b30-24-/t26-,29+,31-,32+/m0/s1. The van der Waals surface area contributed by atoms with Gasteiger partial charge in [0, 0.05) is 19.2 Å². The maximum absolute atomic E-state index is 12.0. The molecule has 44 heavy (non-hydrogen) atoms. The number of guanidine groups is 1. The number of fused-ring (bicyclic) bond motifs is 1. The van der Waals surface area contributed by atoms with Crippen molar-refractivity contribution in [3.05, 3.63) is 83.3 Å². The summed E-state index contributed by atoms with van der Waals surface area (Å²) in [6.07, 6.45) is 12.0. The second kappa shape index (κ2) is 17.5. The molecule has 2 aromatic carbocycles. The molecule has 0 radical (unpaired) electrons. The Bertz CT molecular complexity index is 1360. The van der Waals surface area contributed by atoms with E-state index < -0.39 is 5.97 Å². The van der Waals surface area contributed by atoms with Crippen LogP contribution >= 0.6 is 0 Å². The van der Waals surface area contributed by atoms with E-state index in [4.69, 9.17) is 16.2 Å². The SMILES string of the molecule is NC1=NCC[C@H](/C(=C\C(=O)O)[C@H](CC[C@H](CCC[C@H](O)CCCCCCO)c2ccc3ccccc3c2)[N-]c2ccc[nH]2)N1. The number of unbranched alkanes of at least 4 members (excludes halogenated alkanes) is 3. The molecule has 9 nitrogen and oxygen atoms in total. The second-order valence-corrected chi connectivity index (χ2v) is 11.8. The normalized spacial score (nSPS) is 17.5. The fourth-order valence-electron chi connectivity index (χ4n) is 6.19. The number of aliphatic hydroxyl groups excluding tert-OH is 2. The van der Waals surface area contributed by atoms with Crippen LogP contribution in [0.2, 0.25) is 0 Å². The third-order valence-electron chi connectivity index (χ3n) is 8.54. The molecule has 0 saturated heterocycles. The summed E-state index contributed by atoms with van der Waals surface area (Å²) in [6.45, 7) is 0.754. The van der Waals surface area contributed by atoms with Crippen LogP contribution in [0.15, 0.2) is 77.4 Å². The monoisotopic (exact) mass is 602 g/mol. The molecule has 0 saturated carbocycles. The Labute approximate surface area is 260 Å². The van der Waals surface area contributed by atoms with Gasteiger partial charge in [0.15, 0.2) is 5.96 Å². The van der Waals surface area contributed by atoms with E-state index in [0.29, 0.717) is 36.7 Å². The molecule has 0 fully saturated rings. The van der Waals surface area contributed by atoms with Gasteiger partial charge in [-0.15, -0.1) is 0 Å². The van der Waals surface area contributed by atoms with Crippen molar-refractivity contribution < 1.29 is 20.1 Å². The van der Waals surface area contributed by atoms with Crippen LogP contribution in [0.5, 0.6) is 0 Å². The molecule has 9 heteroatoms. The fraction of sp³-hybridized carbons (Fsp3) is 0.486. The highest BCUT2D eigenvalue weighted by Gasteiger charge is 2.25. The molecule has 4 atom stereocenters. The number of carbonyl (C=O) groups is 1. The number of rotatable bonds is 19. The maximum Gasteiger partial charge on any atom is 0.328 e. The molecule has 0 amide bonds. The topological polar surface area (TPSA) is 158 Å².